The molecule has 0 N–H and O–H groups in total. The Morgan fingerprint density at radius 2 is 2.60 bits per heavy atom. The van der Waals surface area contributed by atoms with Gasteiger partial charge in [-0.15, -0.1) is 11.6 Å². The summed E-state index contributed by atoms with van der Waals surface area (Å²) < 4.78 is 4.87. The molecule has 0 radical (unpaired) electrons. The Balaban J connectivity index is 2.07. The lowest BCUT2D eigenvalue weighted by molar-refractivity contribution is 0.0786. The van der Waals surface area contributed by atoms with Crippen LogP contribution in [0.4, 0.5) is 0 Å². The average Bonchev–Trinajstić information content (AvgIpc) is 2.84. The summed E-state index contributed by atoms with van der Waals surface area (Å²) in [6.45, 7) is 3.27. The van der Waals surface area contributed by atoms with Crippen molar-refractivity contribution < 1.29 is 9.32 Å². The number of nitrogens with zero attached hydrogens (tertiary/aromatic N) is 2. The maximum Gasteiger partial charge on any atom is 0.259 e. The first kappa shape index (κ1) is 10.5. The number of rotatable bonds is 2. The number of aryl methyl sites for hydroxylation is 1. The second kappa shape index (κ2) is 4.23. The van der Waals surface area contributed by atoms with Crippen LogP contribution in [0.15, 0.2) is 10.7 Å². The number of amides is 1. The fourth-order valence-corrected chi connectivity index (χ4v) is 2.07. The maximum absolute atomic E-state index is 12.0. The van der Waals surface area contributed by atoms with E-state index < -0.39 is 0 Å². The van der Waals surface area contributed by atoms with Crippen LogP contribution in [-0.4, -0.2) is 34.9 Å². The van der Waals surface area contributed by atoms with Crippen LogP contribution in [0.25, 0.3) is 0 Å². The van der Waals surface area contributed by atoms with E-state index in [1.54, 1.807) is 6.92 Å². The molecule has 82 valence electrons. The van der Waals surface area contributed by atoms with E-state index >= 15 is 0 Å². The SMILES string of the molecule is Cc1oncc1C(=O)N1CCC(CCl)C1. The van der Waals surface area contributed by atoms with E-state index in [0.717, 1.165) is 19.5 Å². The van der Waals surface area contributed by atoms with Crippen molar-refractivity contribution in [3.8, 4) is 0 Å². The Morgan fingerprint density at radius 1 is 1.80 bits per heavy atom. The number of carbonyl (C=O) groups is 1. The van der Waals surface area contributed by atoms with Gasteiger partial charge in [-0.3, -0.25) is 4.79 Å². The van der Waals surface area contributed by atoms with E-state index in [1.807, 2.05) is 4.90 Å². The molecule has 2 rings (SSSR count). The third-order valence-corrected chi connectivity index (χ3v) is 3.21. The van der Waals surface area contributed by atoms with Gasteiger partial charge < -0.3 is 9.42 Å². The van der Waals surface area contributed by atoms with Crippen LogP contribution >= 0.6 is 11.6 Å². The first-order valence-electron chi connectivity index (χ1n) is 4.99. The van der Waals surface area contributed by atoms with E-state index in [0.29, 0.717) is 23.1 Å². The smallest absolute Gasteiger partial charge is 0.259 e. The second-order valence-corrected chi connectivity index (χ2v) is 4.16. The fourth-order valence-electron chi connectivity index (χ4n) is 1.82. The Bertz CT molecular complexity index is 364. The summed E-state index contributed by atoms with van der Waals surface area (Å²) in [5.41, 5.74) is 0.560. The van der Waals surface area contributed by atoms with E-state index in [4.69, 9.17) is 16.1 Å². The van der Waals surface area contributed by atoms with Gasteiger partial charge in [0.05, 0.1) is 6.20 Å². The monoisotopic (exact) mass is 228 g/mol. The van der Waals surface area contributed by atoms with Gasteiger partial charge in [-0.2, -0.15) is 0 Å². The summed E-state index contributed by atoms with van der Waals surface area (Å²) >= 11 is 5.77. The van der Waals surface area contributed by atoms with Gasteiger partial charge in [0, 0.05) is 19.0 Å². The van der Waals surface area contributed by atoms with Crippen molar-refractivity contribution in [2.45, 2.75) is 13.3 Å². The van der Waals surface area contributed by atoms with Crippen molar-refractivity contribution in [1.29, 1.82) is 0 Å². The van der Waals surface area contributed by atoms with Crippen molar-refractivity contribution in [3.63, 3.8) is 0 Å². The minimum Gasteiger partial charge on any atom is -0.361 e. The van der Waals surface area contributed by atoms with Gasteiger partial charge in [0.25, 0.3) is 5.91 Å². The van der Waals surface area contributed by atoms with E-state index in [2.05, 4.69) is 5.16 Å². The normalized spacial score (nSPS) is 20.9. The summed E-state index contributed by atoms with van der Waals surface area (Å²) in [6, 6.07) is 0. The molecule has 1 saturated heterocycles. The van der Waals surface area contributed by atoms with Gasteiger partial charge in [-0.1, -0.05) is 5.16 Å². The molecule has 1 fully saturated rings. The van der Waals surface area contributed by atoms with Crippen LogP contribution < -0.4 is 0 Å². The summed E-state index contributed by atoms with van der Waals surface area (Å²) in [6.07, 6.45) is 2.46. The molecule has 0 aliphatic carbocycles. The Morgan fingerprint density at radius 3 is 3.13 bits per heavy atom. The van der Waals surface area contributed by atoms with Crippen LogP contribution in [-0.2, 0) is 0 Å². The van der Waals surface area contributed by atoms with Crippen molar-refractivity contribution >= 4 is 17.5 Å². The molecular weight excluding hydrogens is 216 g/mol. The van der Waals surface area contributed by atoms with Gasteiger partial charge in [-0.05, 0) is 19.3 Å². The highest BCUT2D eigenvalue weighted by Gasteiger charge is 2.28. The number of alkyl halides is 1. The van der Waals surface area contributed by atoms with Gasteiger partial charge in [0.15, 0.2) is 0 Å². The largest absolute Gasteiger partial charge is 0.361 e. The molecular formula is C10H13ClN2O2. The number of carbonyl (C=O) groups excluding carboxylic acids is 1. The van der Waals surface area contributed by atoms with E-state index in [9.17, 15) is 4.79 Å². The molecule has 4 nitrogen and oxygen atoms in total. The van der Waals surface area contributed by atoms with Crippen molar-refractivity contribution in [1.82, 2.24) is 10.1 Å². The molecule has 2 heterocycles. The zero-order valence-corrected chi connectivity index (χ0v) is 9.33. The van der Waals surface area contributed by atoms with Crippen LogP contribution in [0, 0.1) is 12.8 Å². The molecule has 1 aromatic heterocycles. The zero-order chi connectivity index (χ0) is 10.8. The average molecular weight is 229 g/mol. The predicted octanol–water partition coefficient (Wildman–Crippen LogP) is 1.68. The van der Waals surface area contributed by atoms with Crippen LogP contribution in [0.3, 0.4) is 0 Å². The van der Waals surface area contributed by atoms with Crippen LogP contribution in [0.5, 0.6) is 0 Å². The number of halogens is 1. The van der Waals surface area contributed by atoms with E-state index in [1.165, 1.54) is 6.20 Å². The molecule has 1 aromatic rings. The molecule has 1 unspecified atom stereocenters. The zero-order valence-electron chi connectivity index (χ0n) is 8.57. The molecule has 1 aliphatic rings. The standard InChI is InChI=1S/C10H13ClN2O2/c1-7-9(5-12-15-7)10(14)13-3-2-8(4-11)6-13/h5,8H,2-4,6H2,1H3. The van der Waals surface area contributed by atoms with Crippen LogP contribution in [0.2, 0.25) is 0 Å². The summed E-state index contributed by atoms with van der Waals surface area (Å²) in [7, 11) is 0. The van der Waals surface area contributed by atoms with Crippen molar-refractivity contribution in [2.75, 3.05) is 19.0 Å². The predicted molar refractivity (Wildman–Crippen MR) is 56.0 cm³/mol. The third-order valence-electron chi connectivity index (χ3n) is 2.77. The van der Waals surface area contributed by atoms with E-state index in [-0.39, 0.29) is 5.91 Å². The highest BCUT2D eigenvalue weighted by atomic mass is 35.5. The molecule has 0 spiro atoms. The Labute approximate surface area is 93.2 Å². The molecule has 15 heavy (non-hydrogen) atoms. The molecule has 0 bridgehead atoms. The topological polar surface area (TPSA) is 46.3 Å². The number of likely N-dealkylation sites (tertiary alicyclic amines) is 1. The van der Waals surface area contributed by atoms with Gasteiger partial charge in [-0.25, -0.2) is 0 Å². The lowest BCUT2D eigenvalue weighted by Gasteiger charge is -2.14. The Kier molecular flexibility index (Phi) is 2.95. The lowest BCUT2D eigenvalue weighted by Crippen LogP contribution is -2.29. The van der Waals surface area contributed by atoms with Gasteiger partial charge in [0.2, 0.25) is 0 Å². The fraction of sp³-hybridized carbons (Fsp3) is 0.600. The summed E-state index contributed by atoms with van der Waals surface area (Å²) in [4.78, 5) is 13.8. The minimum absolute atomic E-state index is 0.00127. The maximum atomic E-state index is 12.0. The molecule has 5 heteroatoms. The molecule has 0 saturated carbocycles. The lowest BCUT2D eigenvalue weighted by atomic mass is 10.2. The first-order chi connectivity index (χ1) is 7.22. The summed E-state index contributed by atoms with van der Waals surface area (Å²) in [5, 5.41) is 3.60. The van der Waals surface area contributed by atoms with Gasteiger partial charge in [0.1, 0.15) is 11.3 Å². The van der Waals surface area contributed by atoms with Crippen LogP contribution in [0.1, 0.15) is 22.5 Å². The van der Waals surface area contributed by atoms with Crippen molar-refractivity contribution in [3.05, 3.63) is 17.5 Å². The second-order valence-electron chi connectivity index (χ2n) is 3.86. The summed E-state index contributed by atoms with van der Waals surface area (Å²) in [5.74, 6) is 1.62. The number of hydrogen-bond acceptors (Lipinski definition) is 3. The first-order valence-corrected chi connectivity index (χ1v) is 5.52. The highest BCUT2D eigenvalue weighted by Crippen LogP contribution is 2.20. The Hall–Kier alpha value is -1.03. The quantitative estimate of drug-likeness (QED) is 0.724. The highest BCUT2D eigenvalue weighted by molar-refractivity contribution is 6.18. The molecule has 1 atom stereocenters. The minimum atomic E-state index is 0.00127. The molecule has 0 aromatic carbocycles. The molecule has 1 aliphatic heterocycles. The van der Waals surface area contributed by atoms with Gasteiger partial charge >= 0.3 is 0 Å². The number of hydrogen-bond donors (Lipinski definition) is 0. The molecule has 1 amide bonds. The van der Waals surface area contributed by atoms with Crippen molar-refractivity contribution in [2.24, 2.45) is 5.92 Å². The third kappa shape index (κ3) is 2.00. The number of aromatic nitrogens is 1.